The van der Waals surface area contributed by atoms with E-state index in [1.807, 2.05) is 18.6 Å². The number of rotatable bonds is 5. The first-order valence-corrected chi connectivity index (χ1v) is 14.6. The van der Waals surface area contributed by atoms with Crippen molar-refractivity contribution in [3.8, 4) is 0 Å². The number of ether oxygens (including phenoxy) is 2. The molecule has 0 aromatic carbocycles. The van der Waals surface area contributed by atoms with Crippen molar-refractivity contribution in [1.29, 1.82) is 0 Å². The van der Waals surface area contributed by atoms with Crippen LogP contribution in [0.5, 0.6) is 0 Å². The van der Waals surface area contributed by atoms with E-state index < -0.39 is 0 Å². The minimum atomic E-state index is -0.0234. The average molecular weight is 541 g/mol. The first-order chi connectivity index (χ1) is 19.6. The van der Waals surface area contributed by atoms with Crippen molar-refractivity contribution < 1.29 is 9.47 Å². The molecule has 0 N–H and O–H groups in total. The standard InChI is InChI=1S/C31H36N6O3/c38-29-26-13-32-14-27(37-20-30(21-37)5-10-39-11-6-30)25(26)3-8-35(29)17-24-18-36-16-23(1-2-28(36)33-24)15-34-9-4-31(19-34)7-12-40-22-31/h1-3,8,13-14,16,18H,4-7,9-12,15,17,19-22H2. The summed E-state index contributed by atoms with van der Waals surface area (Å²) >= 11 is 0. The van der Waals surface area contributed by atoms with Gasteiger partial charge < -0.3 is 23.3 Å². The van der Waals surface area contributed by atoms with Crippen molar-refractivity contribution in [3.63, 3.8) is 0 Å². The lowest BCUT2D eigenvalue weighted by molar-refractivity contribution is -0.000118. The summed E-state index contributed by atoms with van der Waals surface area (Å²) in [6.45, 7) is 9.16. The third-order valence-electron chi connectivity index (χ3n) is 9.83. The van der Waals surface area contributed by atoms with Crippen molar-refractivity contribution in [2.24, 2.45) is 10.8 Å². The number of aromatic nitrogens is 4. The molecule has 9 heteroatoms. The molecule has 8 rings (SSSR count). The van der Waals surface area contributed by atoms with Gasteiger partial charge in [0.25, 0.3) is 5.56 Å². The Morgan fingerprint density at radius 2 is 1.70 bits per heavy atom. The summed E-state index contributed by atoms with van der Waals surface area (Å²) in [4.78, 5) is 27.7. The highest BCUT2D eigenvalue weighted by molar-refractivity contribution is 5.93. The minimum absolute atomic E-state index is 0.0234. The molecule has 40 heavy (non-hydrogen) atoms. The van der Waals surface area contributed by atoms with Gasteiger partial charge in [0.05, 0.1) is 36.1 Å². The van der Waals surface area contributed by atoms with Crippen LogP contribution in [0.25, 0.3) is 16.4 Å². The summed E-state index contributed by atoms with van der Waals surface area (Å²) in [6.07, 6.45) is 14.4. The molecule has 0 saturated carbocycles. The van der Waals surface area contributed by atoms with Gasteiger partial charge in [-0.1, -0.05) is 6.07 Å². The van der Waals surface area contributed by atoms with Gasteiger partial charge in [-0.2, -0.15) is 0 Å². The van der Waals surface area contributed by atoms with Gasteiger partial charge in [0, 0.05) is 87.0 Å². The van der Waals surface area contributed by atoms with E-state index in [9.17, 15) is 4.79 Å². The molecule has 4 aliphatic heterocycles. The quantitative estimate of drug-likeness (QED) is 0.384. The number of anilines is 1. The molecular weight excluding hydrogens is 504 g/mol. The number of hydrogen-bond donors (Lipinski definition) is 0. The molecule has 0 radical (unpaired) electrons. The Bertz CT molecular complexity index is 1620. The van der Waals surface area contributed by atoms with Crippen LogP contribution in [0.4, 0.5) is 5.69 Å². The molecule has 9 nitrogen and oxygen atoms in total. The number of likely N-dealkylation sites (tertiary alicyclic amines) is 1. The molecule has 0 aliphatic carbocycles. The van der Waals surface area contributed by atoms with Crippen LogP contribution >= 0.6 is 0 Å². The SMILES string of the molecule is O=c1c2cncc(N3CC4(CCOCC4)C3)c2ccn1Cc1cn2cc(CN3CCC4(CCOC4)C3)ccc2n1. The van der Waals surface area contributed by atoms with Crippen molar-refractivity contribution in [3.05, 3.63) is 70.8 Å². The van der Waals surface area contributed by atoms with Crippen LogP contribution in [0, 0.1) is 10.8 Å². The molecule has 4 fully saturated rings. The number of hydrogen-bond acceptors (Lipinski definition) is 7. The molecule has 4 aliphatic rings. The van der Waals surface area contributed by atoms with Crippen LogP contribution in [-0.4, -0.2) is 76.4 Å². The first kappa shape index (κ1) is 24.5. The normalized spacial score (nSPS) is 24.6. The molecule has 4 aromatic rings. The molecule has 2 spiro atoms. The van der Waals surface area contributed by atoms with E-state index in [0.717, 1.165) is 94.4 Å². The second kappa shape index (κ2) is 9.39. The van der Waals surface area contributed by atoms with Gasteiger partial charge in [-0.3, -0.25) is 14.7 Å². The van der Waals surface area contributed by atoms with E-state index in [-0.39, 0.29) is 5.56 Å². The fourth-order valence-corrected chi connectivity index (χ4v) is 7.45. The highest BCUT2D eigenvalue weighted by Gasteiger charge is 2.44. The van der Waals surface area contributed by atoms with Gasteiger partial charge in [-0.25, -0.2) is 4.98 Å². The van der Waals surface area contributed by atoms with Crippen molar-refractivity contribution in [1.82, 2.24) is 23.8 Å². The Morgan fingerprint density at radius 1 is 0.850 bits per heavy atom. The fraction of sp³-hybridized carbons (Fsp3) is 0.516. The van der Waals surface area contributed by atoms with Gasteiger partial charge in [-0.15, -0.1) is 0 Å². The molecule has 4 aromatic heterocycles. The Labute approximate surface area is 233 Å². The number of nitrogens with zero attached hydrogens (tertiary/aromatic N) is 6. The van der Waals surface area contributed by atoms with E-state index in [1.54, 1.807) is 10.8 Å². The Balaban J connectivity index is 0.996. The molecule has 0 amide bonds. The number of fused-ring (bicyclic) bond motifs is 2. The zero-order valence-corrected chi connectivity index (χ0v) is 22.9. The summed E-state index contributed by atoms with van der Waals surface area (Å²) < 4.78 is 15.1. The third-order valence-corrected chi connectivity index (χ3v) is 9.83. The molecule has 1 unspecified atom stereocenters. The van der Waals surface area contributed by atoms with E-state index in [1.165, 1.54) is 18.4 Å². The van der Waals surface area contributed by atoms with Crippen molar-refractivity contribution in [2.75, 3.05) is 57.5 Å². The van der Waals surface area contributed by atoms with E-state index >= 15 is 0 Å². The van der Waals surface area contributed by atoms with Crippen molar-refractivity contribution in [2.45, 2.75) is 38.8 Å². The molecule has 0 bridgehead atoms. The predicted molar refractivity (Wildman–Crippen MR) is 153 cm³/mol. The van der Waals surface area contributed by atoms with Crippen LogP contribution in [0.2, 0.25) is 0 Å². The van der Waals surface area contributed by atoms with Gasteiger partial charge in [0.15, 0.2) is 0 Å². The lowest BCUT2D eigenvalue weighted by Gasteiger charge is -2.53. The average Bonchev–Trinajstić information content (AvgIpc) is 3.69. The zero-order valence-electron chi connectivity index (χ0n) is 22.9. The summed E-state index contributed by atoms with van der Waals surface area (Å²) in [5.41, 5.74) is 4.82. The van der Waals surface area contributed by atoms with Crippen LogP contribution < -0.4 is 10.5 Å². The van der Waals surface area contributed by atoms with Crippen LogP contribution in [0.15, 0.2) is 54.0 Å². The summed E-state index contributed by atoms with van der Waals surface area (Å²) in [5.74, 6) is 0. The fourth-order valence-electron chi connectivity index (χ4n) is 7.45. The maximum atomic E-state index is 13.5. The van der Waals surface area contributed by atoms with E-state index in [2.05, 4.69) is 43.6 Å². The summed E-state index contributed by atoms with van der Waals surface area (Å²) in [6, 6.07) is 6.33. The summed E-state index contributed by atoms with van der Waals surface area (Å²) in [7, 11) is 0. The minimum Gasteiger partial charge on any atom is -0.381 e. The van der Waals surface area contributed by atoms with Crippen LogP contribution in [-0.2, 0) is 22.6 Å². The molecule has 8 heterocycles. The smallest absolute Gasteiger partial charge is 0.260 e. The number of pyridine rings is 3. The third kappa shape index (κ3) is 4.22. The Hall–Kier alpha value is -3.27. The monoisotopic (exact) mass is 540 g/mol. The highest BCUT2D eigenvalue weighted by Crippen LogP contribution is 2.43. The summed E-state index contributed by atoms with van der Waals surface area (Å²) in [5, 5.41) is 1.64. The predicted octanol–water partition coefficient (Wildman–Crippen LogP) is 3.32. The lowest BCUT2D eigenvalue weighted by Crippen LogP contribution is -2.58. The van der Waals surface area contributed by atoms with E-state index in [0.29, 0.717) is 22.8 Å². The lowest BCUT2D eigenvalue weighted by atomic mass is 9.73. The van der Waals surface area contributed by atoms with Gasteiger partial charge in [0.2, 0.25) is 0 Å². The number of imidazole rings is 1. The van der Waals surface area contributed by atoms with Gasteiger partial charge >= 0.3 is 0 Å². The Kier molecular flexibility index (Phi) is 5.76. The van der Waals surface area contributed by atoms with Gasteiger partial charge in [-0.05, 0) is 49.9 Å². The maximum Gasteiger partial charge on any atom is 0.260 e. The Morgan fingerprint density at radius 3 is 2.55 bits per heavy atom. The van der Waals surface area contributed by atoms with Crippen LogP contribution in [0.3, 0.4) is 0 Å². The van der Waals surface area contributed by atoms with E-state index in [4.69, 9.17) is 14.5 Å². The van der Waals surface area contributed by atoms with Crippen LogP contribution in [0.1, 0.15) is 36.9 Å². The highest BCUT2D eigenvalue weighted by atomic mass is 16.5. The molecular formula is C31H36N6O3. The zero-order chi connectivity index (χ0) is 26.7. The first-order valence-electron chi connectivity index (χ1n) is 14.6. The maximum absolute atomic E-state index is 13.5. The topological polar surface area (TPSA) is 77.1 Å². The van der Waals surface area contributed by atoms with Crippen molar-refractivity contribution >= 4 is 22.1 Å². The molecule has 4 saturated heterocycles. The second-order valence-electron chi connectivity index (χ2n) is 12.6. The molecule has 1 atom stereocenters. The second-order valence-corrected chi connectivity index (χ2v) is 12.6. The molecule has 208 valence electrons. The van der Waals surface area contributed by atoms with Gasteiger partial charge in [0.1, 0.15) is 5.65 Å². The largest absolute Gasteiger partial charge is 0.381 e.